The van der Waals surface area contributed by atoms with E-state index in [1.165, 1.54) is 15.7 Å². The fourth-order valence-corrected chi connectivity index (χ4v) is 4.37. The summed E-state index contributed by atoms with van der Waals surface area (Å²) in [6, 6.07) is 13.2. The first-order valence-corrected chi connectivity index (χ1v) is 9.99. The number of methoxy groups -OCH3 is 1. The van der Waals surface area contributed by atoms with Crippen molar-refractivity contribution in [2.45, 2.75) is 6.54 Å². The lowest BCUT2D eigenvalue weighted by Gasteiger charge is -2.06. The van der Waals surface area contributed by atoms with Crippen molar-refractivity contribution in [3.63, 3.8) is 0 Å². The SMILES string of the molecule is COc1ccccc1-c1ncc(Cn2c(O)c(I)c(=O)[n+]3ccccc23)s1. The summed E-state index contributed by atoms with van der Waals surface area (Å²) in [6.45, 7) is 0.405. The Balaban J connectivity index is 1.79. The van der Waals surface area contributed by atoms with E-state index in [9.17, 15) is 9.90 Å². The summed E-state index contributed by atoms with van der Waals surface area (Å²) >= 11 is 3.40. The lowest BCUT2D eigenvalue weighted by Crippen LogP contribution is -2.44. The lowest BCUT2D eigenvalue weighted by molar-refractivity contribution is -0.533. The molecule has 0 saturated heterocycles. The normalized spacial score (nSPS) is 11.0. The number of fused-ring (bicyclic) bond motifs is 1. The van der Waals surface area contributed by atoms with Crippen molar-refractivity contribution in [3.8, 4) is 22.2 Å². The highest BCUT2D eigenvalue weighted by atomic mass is 127. The molecule has 8 heteroatoms. The van der Waals surface area contributed by atoms with E-state index in [2.05, 4.69) is 4.98 Å². The van der Waals surface area contributed by atoms with Crippen molar-refractivity contribution in [2.24, 2.45) is 0 Å². The van der Waals surface area contributed by atoms with Crippen LogP contribution >= 0.6 is 33.9 Å². The molecule has 0 aliphatic carbocycles. The van der Waals surface area contributed by atoms with Crippen LogP contribution in [0.3, 0.4) is 0 Å². The quantitative estimate of drug-likeness (QED) is 0.351. The molecular formula is C19H15IN3O3S+. The first kappa shape index (κ1) is 17.9. The summed E-state index contributed by atoms with van der Waals surface area (Å²) in [4.78, 5) is 17.8. The van der Waals surface area contributed by atoms with E-state index < -0.39 is 0 Å². The molecule has 0 amide bonds. The molecule has 0 unspecified atom stereocenters. The third kappa shape index (κ3) is 3.19. The van der Waals surface area contributed by atoms with Crippen LogP contribution in [0.15, 0.2) is 59.7 Å². The lowest BCUT2D eigenvalue weighted by atomic mass is 10.2. The number of aromatic nitrogens is 3. The molecule has 3 heterocycles. The van der Waals surface area contributed by atoms with Crippen LogP contribution in [-0.4, -0.2) is 21.8 Å². The minimum absolute atomic E-state index is 0.0426. The number of aromatic hydroxyl groups is 1. The summed E-state index contributed by atoms with van der Waals surface area (Å²) in [7, 11) is 1.64. The Morgan fingerprint density at radius 1 is 1.26 bits per heavy atom. The minimum atomic E-state index is -0.237. The maximum Gasteiger partial charge on any atom is 0.359 e. The monoisotopic (exact) mass is 492 g/mol. The number of hydrogen-bond donors (Lipinski definition) is 1. The van der Waals surface area contributed by atoms with E-state index in [1.54, 1.807) is 36.2 Å². The molecule has 0 spiro atoms. The zero-order chi connectivity index (χ0) is 19.0. The third-order valence-corrected chi connectivity index (χ3v) is 6.14. The van der Waals surface area contributed by atoms with Crippen LogP contribution in [0.25, 0.3) is 16.2 Å². The van der Waals surface area contributed by atoms with Gasteiger partial charge in [-0.25, -0.2) is 9.78 Å². The smallest absolute Gasteiger partial charge is 0.359 e. The van der Waals surface area contributed by atoms with Gasteiger partial charge in [-0.1, -0.05) is 18.2 Å². The van der Waals surface area contributed by atoms with Crippen LogP contribution in [-0.2, 0) is 6.54 Å². The van der Waals surface area contributed by atoms with E-state index in [4.69, 9.17) is 4.74 Å². The molecule has 0 aliphatic heterocycles. The highest BCUT2D eigenvalue weighted by Gasteiger charge is 2.22. The average molecular weight is 492 g/mol. The Labute approximate surface area is 172 Å². The molecule has 0 atom stereocenters. The molecule has 4 rings (SSSR count). The van der Waals surface area contributed by atoms with Crippen molar-refractivity contribution in [3.05, 3.63) is 73.7 Å². The van der Waals surface area contributed by atoms with Crippen molar-refractivity contribution < 1.29 is 14.2 Å². The van der Waals surface area contributed by atoms with Crippen LogP contribution < -0.4 is 14.7 Å². The minimum Gasteiger partial charge on any atom is -0.496 e. The predicted octanol–water partition coefficient (Wildman–Crippen LogP) is 3.08. The van der Waals surface area contributed by atoms with Crippen LogP contribution in [0.1, 0.15) is 4.88 Å². The largest absolute Gasteiger partial charge is 0.496 e. The van der Waals surface area contributed by atoms with Gasteiger partial charge in [0, 0.05) is 12.3 Å². The first-order valence-electron chi connectivity index (χ1n) is 8.10. The molecular weight excluding hydrogens is 477 g/mol. The van der Waals surface area contributed by atoms with Gasteiger partial charge in [-0.2, -0.15) is 8.97 Å². The molecule has 0 saturated carbocycles. The summed E-state index contributed by atoms with van der Waals surface area (Å²) in [5, 5.41) is 11.4. The highest BCUT2D eigenvalue weighted by molar-refractivity contribution is 14.1. The van der Waals surface area contributed by atoms with E-state index in [-0.39, 0.29) is 15.0 Å². The van der Waals surface area contributed by atoms with Gasteiger partial charge >= 0.3 is 11.4 Å². The molecule has 0 bridgehead atoms. The molecule has 6 nitrogen and oxygen atoms in total. The van der Waals surface area contributed by atoms with E-state index in [0.29, 0.717) is 12.2 Å². The van der Waals surface area contributed by atoms with Gasteiger partial charge in [-0.05, 0) is 40.8 Å². The second-order valence-corrected chi connectivity index (χ2v) is 7.98. The number of ether oxygens (including phenoxy) is 1. The molecule has 3 aromatic heterocycles. The van der Waals surface area contributed by atoms with Gasteiger partial charge in [0.15, 0.2) is 3.57 Å². The third-order valence-electron chi connectivity index (χ3n) is 4.18. The van der Waals surface area contributed by atoms with Crippen LogP contribution in [0.5, 0.6) is 11.6 Å². The zero-order valence-electron chi connectivity index (χ0n) is 14.3. The molecule has 1 N–H and O–H groups in total. The van der Waals surface area contributed by atoms with Gasteiger partial charge in [0.2, 0.25) is 0 Å². The number of benzene rings is 1. The second kappa shape index (κ2) is 7.28. The van der Waals surface area contributed by atoms with Crippen LogP contribution in [0.4, 0.5) is 0 Å². The van der Waals surface area contributed by atoms with Gasteiger partial charge in [-0.3, -0.25) is 0 Å². The van der Waals surface area contributed by atoms with E-state index in [1.807, 2.05) is 52.9 Å². The van der Waals surface area contributed by atoms with Gasteiger partial charge in [0.05, 0.1) is 23.7 Å². The van der Waals surface area contributed by atoms with Crippen molar-refractivity contribution in [1.29, 1.82) is 0 Å². The summed E-state index contributed by atoms with van der Waals surface area (Å²) < 4.78 is 8.94. The van der Waals surface area contributed by atoms with Crippen LogP contribution in [0, 0.1) is 3.57 Å². The van der Waals surface area contributed by atoms with Crippen LogP contribution in [0.2, 0.25) is 0 Å². The molecule has 27 heavy (non-hydrogen) atoms. The predicted molar refractivity (Wildman–Crippen MR) is 111 cm³/mol. The van der Waals surface area contributed by atoms with E-state index in [0.717, 1.165) is 21.2 Å². The van der Waals surface area contributed by atoms with Gasteiger partial charge in [0.25, 0.3) is 5.65 Å². The number of pyridine rings is 1. The number of hydrogen-bond acceptors (Lipinski definition) is 5. The number of thiazole rings is 1. The molecule has 0 aliphatic rings. The zero-order valence-corrected chi connectivity index (χ0v) is 17.3. The average Bonchev–Trinajstić information content (AvgIpc) is 3.18. The van der Waals surface area contributed by atoms with Crippen molar-refractivity contribution in [2.75, 3.05) is 7.11 Å². The fraction of sp³-hybridized carbons (Fsp3) is 0.105. The summed E-state index contributed by atoms with van der Waals surface area (Å²) in [5.41, 5.74) is 1.31. The van der Waals surface area contributed by atoms with Gasteiger partial charge in [-0.15, -0.1) is 11.3 Å². The van der Waals surface area contributed by atoms with Crippen molar-refractivity contribution >= 4 is 39.6 Å². The number of para-hydroxylation sites is 1. The number of nitrogens with zero attached hydrogens (tertiary/aromatic N) is 3. The van der Waals surface area contributed by atoms with Gasteiger partial charge in [0.1, 0.15) is 17.3 Å². The summed E-state index contributed by atoms with van der Waals surface area (Å²) in [6.07, 6.45) is 3.49. The standard InChI is InChI=1S/C19H14IN3O3S/c1-26-14-7-3-2-6-13(14)17-21-10-12(27-17)11-23-15-8-4-5-9-22(15)18(24)16(20)19(23)25/h2-10H,11H2,1H3/p+1. The Bertz CT molecular complexity index is 1200. The molecule has 1 aromatic carbocycles. The van der Waals surface area contributed by atoms with Gasteiger partial charge < -0.3 is 9.84 Å². The Kier molecular flexibility index (Phi) is 4.83. The molecule has 0 radical (unpaired) electrons. The maximum absolute atomic E-state index is 12.4. The highest BCUT2D eigenvalue weighted by Crippen LogP contribution is 2.33. The topological polar surface area (TPSA) is 68.4 Å². The van der Waals surface area contributed by atoms with E-state index >= 15 is 0 Å². The molecule has 4 aromatic rings. The number of rotatable bonds is 4. The van der Waals surface area contributed by atoms with Crippen molar-refractivity contribution in [1.82, 2.24) is 9.55 Å². The Morgan fingerprint density at radius 3 is 2.85 bits per heavy atom. The first-order chi connectivity index (χ1) is 13.1. The summed E-state index contributed by atoms with van der Waals surface area (Å²) in [5.74, 6) is 0.721. The number of halogens is 1. The maximum atomic E-state index is 12.4. The fourth-order valence-electron chi connectivity index (χ4n) is 2.89. The Hall–Kier alpha value is -2.46. The molecule has 0 fully saturated rings. The second-order valence-electron chi connectivity index (χ2n) is 5.79. The molecule has 136 valence electrons. The Morgan fingerprint density at radius 2 is 2.04 bits per heavy atom.